The average molecular weight is 356 g/mol. The van der Waals surface area contributed by atoms with E-state index >= 15 is 0 Å². The lowest BCUT2D eigenvalue weighted by Gasteiger charge is -2.12. The molecule has 0 atom stereocenters. The Hall–Kier alpha value is -3.35. The number of hydrogen-bond donors (Lipinski definition) is 0. The molecule has 0 aliphatic heterocycles. The number of nitro benzene ring substituents is 1. The number of anilines is 1. The molecule has 2 aromatic carbocycles. The monoisotopic (exact) mass is 356 g/mol. The molecule has 0 saturated carbocycles. The quantitative estimate of drug-likeness (QED) is 0.326. The highest BCUT2D eigenvalue weighted by Gasteiger charge is 2.16. The van der Waals surface area contributed by atoms with Gasteiger partial charge >= 0.3 is 0 Å². The molecule has 0 radical (unpaired) electrons. The van der Waals surface area contributed by atoms with Crippen LogP contribution in [0.1, 0.15) is 15.9 Å². The first-order valence-corrected chi connectivity index (χ1v) is 7.77. The maximum atomic E-state index is 12.5. The number of benzene rings is 2. The Bertz CT molecular complexity index is 859. The molecular weight excluding hydrogens is 336 g/mol. The highest BCUT2D eigenvalue weighted by Crippen LogP contribution is 2.29. The van der Waals surface area contributed by atoms with Crippen LogP contribution in [0.25, 0.3) is 6.08 Å². The lowest BCUT2D eigenvalue weighted by Crippen LogP contribution is -2.11. The Morgan fingerprint density at radius 2 is 1.85 bits per heavy atom. The van der Waals surface area contributed by atoms with Gasteiger partial charge in [-0.25, -0.2) is 0 Å². The largest absolute Gasteiger partial charge is 0.497 e. The minimum atomic E-state index is -0.445. The normalized spacial score (nSPS) is 10.6. The Labute approximate surface area is 151 Å². The number of carbonyl (C=O) groups is 1. The van der Waals surface area contributed by atoms with Gasteiger partial charge in [0, 0.05) is 20.2 Å². The number of ether oxygens (including phenoxy) is 2. The molecule has 26 heavy (non-hydrogen) atoms. The van der Waals surface area contributed by atoms with Gasteiger partial charge in [-0.05, 0) is 35.9 Å². The van der Waals surface area contributed by atoms with Crippen molar-refractivity contribution in [1.82, 2.24) is 0 Å². The molecular formula is C19H20N2O5. The SMILES string of the molecule is COc1ccc(OC)c(C(=O)/C=C/c2ccc(N(C)C)c([N+](=O)[O-])c2)c1. The van der Waals surface area contributed by atoms with Gasteiger partial charge in [-0.1, -0.05) is 12.1 Å². The number of carbonyl (C=O) groups excluding carboxylic acids is 1. The predicted octanol–water partition coefficient (Wildman–Crippen LogP) is 3.57. The van der Waals surface area contributed by atoms with E-state index in [9.17, 15) is 14.9 Å². The van der Waals surface area contributed by atoms with E-state index in [0.29, 0.717) is 28.3 Å². The van der Waals surface area contributed by atoms with Crippen molar-refractivity contribution in [3.8, 4) is 11.5 Å². The van der Waals surface area contributed by atoms with Gasteiger partial charge in [0.2, 0.25) is 0 Å². The van der Waals surface area contributed by atoms with Crippen LogP contribution in [0.2, 0.25) is 0 Å². The predicted molar refractivity (Wildman–Crippen MR) is 100 cm³/mol. The zero-order valence-electron chi connectivity index (χ0n) is 15.1. The molecule has 0 fully saturated rings. The topological polar surface area (TPSA) is 81.9 Å². The molecule has 0 aliphatic rings. The highest BCUT2D eigenvalue weighted by atomic mass is 16.6. The van der Waals surface area contributed by atoms with Crippen molar-refractivity contribution < 1.29 is 19.2 Å². The third-order valence-corrected chi connectivity index (χ3v) is 3.78. The second kappa shape index (κ2) is 8.15. The van der Waals surface area contributed by atoms with Gasteiger partial charge in [0.05, 0.1) is 24.7 Å². The summed E-state index contributed by atoms with van der Waals surface area (Å²) in [6.45, 7) is 0. The van der Waals surface area contributed by atoms with E-state index in [1.165, 1.54) is 32.4 Å². The van der Waals surface area contributed by atoms with Crippen LogP contribution >= 0.6 is 0 Å². The van der Waals surface area contributed by atoms with Crippen molar-refractivity contribution in [3.63, 3.8) is 0 Å². The van der Waals surface area contributed by atoms with Gasteiger partial charge in [0.15, 0.2) is 5.78 Å². The molecule has 0 N–H and O–H groups in total. The Morgan fingerprint density at radius 3 is 2.42 bits per heavy atom. The number of methoxy groups -OCH3 is 2. The van der Waals surface area contributed by atoms with E-state index in [1.807, 2.05) is 0 Å². The molecule has 0 bridgehead atoms. The van der Waals surface area contributed by atoms with Crippen LogP contribution in [0, 0.1) is 10.1 Å². The van der Waals surface area contributed by atoms with Crippen molar-refractivity contribution in [2.24, 2.45) is 0 Å². The zero-order chi connectivity index (χ0) is 19.3. The van der Waals surface area contributed by atoms with E-state index in [0.717, 1.165) is 0 Å². The molecule has 0 spiro atoms. The molecule has 0 unspecified atom stereocenters. The van der Waals surface area contributed by atoms with Gasteiger partial charge in [0.25, 0.3) is 5.69 Å². The van der Waals surface area contributed by atoms with E-state index in [1.54, 1.807) is 49.3 Å². The van der Waals surface area contributed by atoms with Crippen molar-refractivity contribution in [3.05, 3.63) is 63.7 Å². The third-order valence-electron chi connectivity index (χ3n) is 3.78. The Kier molecular flexibility index (Phi) is 5.95. The summed E-state index contributed by atoms with van der Waals surface area (Å²) >= 11 is 0. The minimum absolute atomic E-state index is 0.0245. The van der Waals surface area contributed by atoms with Crippen molar-refractivity contribution in [1.29, 1.82) is 0 Å². The fourth-order valence-electron chi connectivity index (χ4n) is 2.44. The van der Waals surface area contributed by atoms with Crippen LogP contribution in [0.3, 0.4) is 0 Å². The summed E-state index contributed by atoms with van der Waals surface area (Å²) in [5.41, 5.74) is 1.37. The molecule has 136 valence electrons. The Morgan fingerprint density at radius 1 is 1.12 bits per heavy atom. The van der Waals surface area contributed by atoms with Crippen molar-refractivity contribution >= 4 is 23.2 Å². The molecule has 0 aromatic heterocycles. The summed E-state index contributed by atoms with van der Waals surface area (Å²) in [4.78, 5) is 25.0. The zero-order valence-corrected chi connectivity index (χ0v) is 15.1. The van der Waals surface area contributed by atoms with E-state index in [-0.39, 0.29) is 11.5 Å². The van der Waals surface area contributed by atoms with Crippen LogP contribution in [0.4, 0.5) is 11.4 Å². The maximum Gasteiger partial charge on any atom is 0.293 e. The standard InChI is InChI=1S/C19H20N2O5/c1-20(2)16-8-5-13(11-17(16)21(23)24)6-9-18(22)15-12-14(25-3)7-10-19(15)26-4/h5-12H,1-4H3/b9-6+. The first-order chi connectivity index (χ1) is 12.4. The molecule has 0 saturated heterocycles. The molecule has 0 amide bonds. The number of allylic oxidation sites excluding steroid dienone is 1. The number of nitro groups is 1. The lowest BCUT2D eigenvalue weighted by atomic mass is 10.1. The second-order valence-corrected chi connectivity index (χ2v) is 5.66. The average Bonchev–Trinajstić information content (AvgIpc) is 2.64. The summed E-state index contributed by atoms with van der Waals surface area (Å²) in [5, 5.41) is 11.2. The molecule has 7 nitrogen and oxygen atoms in total. The van der Waals surface area contributed by atoms with Crippen LogP contribution < -0.4 is 14.4 Å². The van der Waals surface area contributed by atoms with Crippen molar-refractivity contribution in [2.75, 3.05) is 33.2 Å². The molecule has 0 heterocycles. The summed E-state index contributed by atoms with van der Waals surface area (Å²) < 4.78 is 10.3. The van der Waals surface area contributed by atoms with Crippen molar-refractivity contribution in [2.45, 2.75) is 0 Å². The smallest absolute Gasteiger partial charge is 0.293 e. The highest BCUT2D eigenvalue weighted by molar-refractivity contribution is 6.09. The number of ketones is 1. The van der Waals surface area contributed by atoms with Gasteiger partial charge in [-0.2, -0.15) is 0 Å². The molecule has 7 heteroatoms. The molecule has 2 aromatic rings. The van der Waals surface area contributed by atoms with Gasteiger partial charge in [0.1, 0.15) is 17.2 Å². The molecule has 2 rings (SSSR count). The lowest BCUT2D eigenvalue weighted by molar-refractivity contribution is -0.384. The summed E-state index contributed by atoms with van der Waals surface area (Å²) in [6.07, 6.45) is 2.89. The van der Waals surface area contributed by atoms with Crippen LogP contribution in [0.15, 0.2) is 42.5 Å². The summed E-state index contributed by atoms with van der Waals surface area (Å²) in [6, 6.07) is 9.73. The first-order valence-electron chi connectivity index (χ1n) is 7.77. The summed E-state index contributed by atoms with van der Waals surface area (Å²) in [7, 11) is 6.45. The van der Waals surface area contributed by atoms with Gasteiger partial charge < -0.3 is 14.4 Å². The second-order valence-electron chi connectivity index (χ2n) is 5.66. The number of hydrogen-bond acceptors (Lipinski definition) is 6. The third kappa shape index (κ3) is 4.18. The number of nitrogens with zero attached hydrogens (tertiary/aromatic N) is 2. The summed E-state index contributed by atoms with van der Waals surface area (Å²) in [5.74, 6) is 0.669. The fourth-order valence-corrected chi connectivity index (χ4v) is 2.44. The first kappa shape index (κ1) is 19.0. The van der Waals surface area contributed by atoms with Crippen LogP contribution in [-0.4, -0.2) is 39.0 Å². The van der Waals surface area contributed by atoms with E-state index in [4.69, 9.17) is 9.47 Å². The minimum Gasteiger partial charge on any atom is -0.497 e. The Balaban J connectivity index is 2.34. The molecule has 0 aliphatic carbocycles. The van der Waals surface area contributed by atoms with E-state index in [2.05, 4.69) is 0 Å². The number of rotatable bonds is 7. The fraction of sp³-hybridized carbons (Fsp3) is 0.211. The van der Waals surface area contributed by atoms with Crippen LogP contribution in [0.5, 0.6) is 11.5 Å². The van der Waals surface area contributed by atoms with E-state index < -0.39 is 4.92 Å². The maximum absolute atomic E-state index is 12.5. The van der Waals surface area contributed by atoms with Crippen LogP contribution in [-0.2, 0) is 0 Å². The van der Waals surface area contributed by atoms with Gasteiger partial charge in [-0.3, -0.25) is 14.9 Å². The van der Waals surface area contributed by atoms with Gasteiger partial charge in [-0.15, -0.1) is 0 Å².